The molecule has 1 aliphatic heterocycles. The normalized spacial score (nSPS) is 16.3. The number of ether oxygens (including phenoxy) is 1. The zero-order valence-corrected chi connectivity index (χ0v) is 14.9. The lowest BCUT2D eigenvalue weighted by molar-refractivity contribution is -0.119. The standard InChI is InChI=1S/C19H20N6O2/c1-13-21-17(11-18(22-13)25-9-2-8-20-25)23-15-3-5-16(6-4-15)24-19(26)14-7-10-27-12-14/h2-6,8-9,11,14H,7,10,12H2,1H3,(H,24,26)(H,21,22,23)/t14-/m0/s1. The zero-order valence-electron chi connectivity index (χ0n) is 14.9. The summed E-state index contributed by atoms with van der Waals surface area (Å²) in [5.41, 5.74) is 1.62. The van der Waals surface area contributed by atoms with Crippen molar-refractivity contribution < 1.29 is 9.53 Å². The molecule has 1 saturated heterocycles. The van der Waals surface area contributed by atoms with Crippen LogP contribution in [0.25, 0.3) is 5.82 Å². The molecular formula is C19H20N6O2. The molecule has 3 heterocycles. The molecule has 1 atom stereocenters. The number of rotatable bonds is 5. The topological polar surface area (TPSA) is 94.0 Å². The quantitative estimate of drug-likeness (QED) is 0.723. The average molecular weight is 364 g/mol. The minimum Gasteiger partial charge on any atom is -0.381 e. The summed E-state index contributed by atoms with van der Waals surface area (Å²) in [6.07, 6.45) is 4.31. The van der Waals surface area contributed by atoms with Crippen molar-refractivity contribution in [3.8, 4) is 5.82 Å². The van der Waals surface area contributed by atoms with Crippen molar-refractivity contribution in [2.24, 2.45) is 5.92 Å². The van der Waals surface area contributed by atoms with Gasteiger partial charge in [-0.2, -0.15) is 5.10 Å². The molecule has 1 fully saturated rings. The molecule has 0 saturated carbocycles. The highest BCUT2D eigenvalue weighted by atomic mass is 16.5. The Morgan fingerprint density at radius 2 is 2.04 bits per heavy atom. The highest BCUT2D eigenvalue weighted by Crippen LogP contribution is 2.21. The van der Waals surface area contributed by atoms with Gasteiger partial charge in [-0.1, -0.05) is 0 Å². The second-order valence-electron chi connectivity index (χ2n) is 6.36. The molecule has 1 amide bonds. The van der Waals surface area contributed by atoms with Gasteiger partial charge < -0.3 is 15.4 Å². The van der Waals surface area contributed by atoms with E-state index in [1.807, 2.05) is 49.5 Å². The third kappa shape index (κ3) is 4.12. The first-order valence-corrected chi connectivity index (χ1v) is 8.79. The maximum Gasteiger partial charge on any atom is 0.229 e. The van der Waals surface area contributed by atoms with Gasteiger partial charge in [0.25, 0.3) is 0 Å². The Labute approximate surface area is 156 Å². The van der Waals surface area contributed by atoms with E-state index in [-0.39, 0.29) is 11.8 Å². The molecule has 1 aliphatic rings. The third-order valence-corrected chi connectivity index (χ3v) is 4.29. The Bertz CT molecular complexity index is 918. The van der Waals surface area contributed by atoms with Gasteiger partial charge in [-0.05, 0) is 43.7 Å². The number of amides is 1. The smallest absolute Gasteiger partial charge is 0.229 e. The largest absolute Gasteiger partial charge is 0.381 e. The highest BCUT2D eigenvalue weighted by Gasteiger charge is 2.23. The van der Waals surface area contributed by atoms with Crippen LogP contribution < -0.4 is 10.6 Å². The summed E-state index contributed by atoms with van der Waals surface area (Å²) in [5, 5.41) is 10.4. The number of carbonyl (C=O) groups is 1. The summed E-state index contributed by atoms with van der Waals surface area (Å²) in [7, 11) is 0. The van der Waals surface area contributed by atoms with Crippen LogP contribution in [0.1, 0.15) is 12.2 Å². The zero-order chi connectivity index (χ0) is 18.6. The molecule has 1 aromatic carbocycles. The molecule has 8 nitrogen and oxygen atoms in total. The number of carbonyl (C=O) groups excluding carboxylic acids is 1. The van der Waals surface area contributed by atoms with E-state index in [4.69, 9.17) is 4.74 Å². The van der Waals surface area contributed by atoms with Crippen molar-refractivity contribution in [1.82, 2.24) is 19.7 Å². The van der Waals surface area contributed by atoms with Crippen LogP contribution >= 0.6 is 0 Å². The fraction of sp³-hybridized carbons (Fsp3) is 0.263. The summed E-state index contributed by atoms with van der Waals surface area (Å²) in [6, 6.07) is 11.2. The number of aromatic nitrogens is 4. The van der Waals surface area contributed by atoms with Crippen LogP contribution in [-0.4, -0.2) is 38.9 Å². The molecule has 2 aromatic heterocycles. The Morgan fingerprint density at radius 3 is 2.74 bits per heavy atom. The predicted octanol–water partition coefficient (Wildman–Crippen LogP) is 2.69. The molecule has 0 aliphatic carbocycles. The predicted molar refractivity (Wildman–Crippen MR) is 101 cm³/mol. The Balaban J connectivity index is 1.44. The molecule has 0 unspecified atom stereocenters. The second-order valence-corrected chi connectivity index (χ2v) is 6.36. The molecule has 27 heavy (non-hydrogen) atoms. The van der Waals surface area contributed by atoms with Crippen LogP contribution in [0.4, 0.5) is 17.2 Å². The minimum absolute atomic E-state index is 0.00324. The van der Waals surface area contributed by atoms with Crippen LogP contribution in [0.2, 0.25) is 0 Å². The fourth-order valence-electron chi connectivity index (χ4n) is 2.91. The lowest BCUT2D eigenvalue weighted by atomic mass is 10.1. The second kappa shape index (κ2) is 7.55. The van der Waals surface area contributed by atoms with Crippen molar-refractivity contribution in [1.29, 1.82) is 0 Å². The van der Waals surface area contributed by atoms with E-state index in [9.17, 15) is 4.79 Å². The summed E-state index contributed by atoms with van der Waals surface area (Å²) in [6.45, 7) is 2.99. The maximum atomic E-state index is 12.1. The molecule has 0 bridgehead atoms. The van der Waals surface area contributed by atoms with Gasteiger partial charge in [-0.15, -0.1) is 0 Å². The number of hydrogen-bond donors (Lipinski definition) is 2. The van der Waals surface area contributed by atoms with Crippen LogP contribution in [0, 0.1) is 12.8 Å². The Hall–Kier alpha value is -3.26. The van der Waals surface area contributed by atoms with Crippen LogP contribution in [0.15, 0.2) is 48.8 Å². The molecule has 4 rings (SSSR count). The Morgan fingerprint density at radius 1 is 1.22 bits per heavy atom. The van der Waals surface area contributed by atoms with E-state index in [2.05, 4.69) is 25.7 Å². The van der Waals surface area contributed by atoms with Gasteiger partial charge in [-0.25, -0.2) is 14.6 Å². The van der Waals surface area contributed by atoms with E-state index in [0.717, 1.165) is 17.8 Å². The molecule has 138 valence electrons. The van der Waals surface area contributed by atoms with Crippen molar-refractivity contribution in [2.75, 3.05) is 23.8 Å². The van der Waals surface area contributed by atoms with Gasteiger partial charge in [0.2, 0.25) is 5.91 Å². The van der Waals surface area contributed by atoms with Gasteiger partial charge >= 0.3 is 0 Å². The molecule has 3 aromatic rings. The van der Waals surface area contributed by atoms with Crippen molar-refractivity contribution >= 4 is 23.1 Å². The summed E-state index contributed by atoms with van der Waals surface area (Å²) in [5.74, 6) is 1.95. The van der Waals surface area contributed by atoms with E-state index in [1.54, 1.807) is 10.9 Å². The first kappa shape index (κ1) is 17.2. The number of hydrogen-bond acceptors (Lipinski definition) is 6. The number of aryl methyl sites for hydroxylation is 1. The van der Waals surface area contributed by atoms with Crippen molar-refractivity contribution in [3.63, 3.8) is 0 Å². The average Bonchev–Trinajstić information content (AvgIpc) is 3.37. The lowest BCUT2D eigenvalue weighted by Gasteiger charge is -2.11. The van der Waals surface area contributed by atoms with E-state index in [1.165, 1.54) is 0 Å². The lowest BCUT2D eigenvalue weighted by Crippen LogP contribution is -2.22. The highest BCUT2D eigenvalue weighted by molar-refractivity contribution is 5.93. The first-order chi connectivity index (χ1) is 13.2. The fourth-order valence-corrected chi connectivity index (χ4v) is 2.91. The molecule has 0 spiro atoms. The number of anilines is 3. The van der Waals surface area contributed by atoms with Gasteiger partial charge in [0.15, 0.2) is 5.82 Å². The van der Waals surface area contributed by atoms with Crippen LogP contribution in [0.5, 0.6) is 0 Å². The summed E-state index contributed by atoms with van der Waals surface area (Å²) in [4.78, 5) is 21.0. The number of nitrogens with zero attached hydrogens (tertiary/aromatic N) is 4. The molecule has 2 N–H and O–H groups in total. The maximum absolute atomic E-state index is 12.1. The monoisotopic (exact) mass is 364 g/mol. The van der Waals surface area contributed by atoms with E-state index >= 15 is 0 Å². The molecule has 8 heteroatoms. The third-order valence-electron chi connectivity index (χ3n) is 4.29. The van der Waals surface area contributed by atoms with Crippen LogP contribution in [0.3, 0.4) is 0 Å². The minimum atomic E-state index is -0.0625. The van der Waals surface area contributed by atoms with Crippen molar-refractivity contribution in [2.45, 2.75) is 13.3 Å². The summed E-state index contributed by atoms with van der Waals surface area (Å²) >= 11 is 0. The SMILES string of the molecule is Cc1nc(Nc2ccc(NC(=O)[C@H]3CCOC3)cc2)cc(-n2cccn2)n1. The number of benzene rings is 1. The first-order valence-electron chi connectivity index (χ1n) is 8.79. The van der Waals surface area contributed by atoms with Crippen LogP contribution in [-0.2, 0) is 9.53 Å². The number of nitrogens with one attached hydrogen (secondary N) is 2. The molecule has 0 radical (unpaired) electrons. The van der Waals surface area contributed by atoms with Gasteiger partial charge in [0.1, 0.15) is 11.6 Å². The van der Waals surface area contributed by atoms with Crippen molar-refractivity contribution in [3.05, 3.63) is 54.6 Å². The van der Waals surface area contributed by atoms with Gasteiger partial charge in [-0.3, -0.25) is 4.79 Å². The Kier molecular flexibility index (Phi) is 4.80. The van der Waals surface area contributed by atoms with E-state index < -0.39 is 0 Å². The molecular weight excluding hydrogens is 344 g/mol. The summed E-state index contributed by atoms with van der Waals surface area (Å²) < 4.78 is 6.94. The van der Waals surface area contributed by atoms with Gasteiger partial charge in [0, 0.05) is 36.4 Å². The van der Waals surface area contributed by atoms with Gasteiger partial charge in [0.05, 0.1) is 12.5 Å². The van der Waals surface area contributed by atoms with E-state index in [0.29, 0.717) is 30.7 Å².